The Labute approximate surface area is 134 Å². The highest BCUT2D eigenvalue weighted by Crippen LogP contribution is 2.12. The minimum Gasteiger partial charge on any atom is -0.618 e. The second kappa shape index (κ2) is 7.02. The van der Waals surface area contributed by atoms with Crippen LogP contribution in [0.4, 0.5) is 5.69 Å². The van der Waals surface area contributed by atoms with E-state index < -0.39 is 18.5 Å². The Kier molecular flexibility index (Phi) is 5.09. The van der Waals surface area contributed by atoms with Crippen LogP contribution in [0.5, 0.6) is 0 Å². The fourth-order valence-electron chi connectivity index (χ4n) is 1.55. The van der Waals surface area contributed by atoms with Crippen molar-refractivity contribution in [1.82, 2.24) is 0 Å². The van der Waals surface area contributed by atoms with Gasteiger partial charge in [0.1, 0.15) is 0 Å². The van der Waals surface area contributed by atoms with Crippen LogP contribution >= 0.6 is 22.6 Å². The lowest BCUT2D eigenvalue weighted by atomic mass is 10.3. The van der Waals surface area contributed by atoms with Crippen molar-refractivity contribution in [3.05, 3.63) is 63.1 Å². The number of ether oxygens (including phenoxy) is 1. The van der Waals surface area contributed by atoms with E-state index in [9.17, 15) is 14.8 Å². The number of hydrogen-bond acceptors (Lipinski definition) is 4. The molecule has 2 rings (SSSR count). The quantitative estimate of drug-likeness (QED) is 0.368. The Morgan fingerprint density at radius 1 is 1.24 bits per heavy atom. The maximum Gasteiger partial charge on any atom is 0.405 e. The second-order valence-electron chi connectivity index (χ2n) is 4.05. The van der Waals surface area contributed by atoms with E-state index in [0.717, 1.165) is 3.57 Å². The van der Waals surface area contributed by atoms with Gasteiger partial charge in [0, 0.05) is 21.4 Å². The lowest BCUT2D eigenvalue weighted by molar-refractivity contribution is -0.608. The van der Waals surface area contributed by atoms with Crippen LogP contribution < -0.4 is 10.0 Å². The summed E-state index contributed by atoms with van der Waals surface area (Å²) in [6.07, 6.45) is 1.18. The maximum absolute atomic E-state index is 11.7. The second-order valence-corrected chi connectivity index (χ2v) is 5.29. The number of hydrogen-bond donors (Lipinski definition) is 1. The molecule has 7 heteroatoms. The molecule has 0 saturated heterocycles. The molecule has 6 nitrogen and oxygen atoms in total. The molecule has 0 atom stereocenters. The number of amides is 1. The number of pyridine rings is 1. The molecule has 0 bridgehead atoms. The Morgan fingerprint density at radius 2 is 2.05 bits per heavy atom. The number of benzene rings is 1. The molecular weight excluding hydrogens is 387 g/mol. The van der Waals surface area contributed by atoms with Gasteiger partial charge in [0.25, 0.3) is 5.91 Å². The highest BCUT2D eigenvalue weighted by molar-refractivity contribution is 14.1. The van der Waals surface area contributed by atoms with Crippen LogP contribution in [0.1, 0.15) is 10.5 Å². The topological polar surface area (TPSA) is 82.3 Å². The Hall–Kier alpha value is -2.16. The average molecular weight is 398 g/mol. The Bertz CT molecular complexity index is 676. The molecule has 2 aromatic rings. The first-order valence-electron chi connectivity index (χ1n) is 5.97. The monoisotopic (exact) mass is 398 g/mol. The van der Waals surface area contributed by atoms with Crippen molar-refractivity contribution in [1.29, 1.82) is 0 Å². The van der Waals surface area contributed by atoms with E-state index in [-0.39, 0.29) is 5.69 Å². The van der Waals surface area contributed by atoms with E-state index in [1.807, 2.05) is 6.07 Å². The summed E-state index contributed by atoms with van der Waals surface area (Å²) in [7, 11) is 0. The van der Waals surface area contributed by atoms with Gasteiger partial charge >= 0.3 is 11.7 Å². The van der Waals surface area contributed by atoms with E-state index in [1.54, 1.807) is 18.2 Å². The molecule has 1 heterocycles. The van der Waals surface area contributed by atoms with E-state index >= 15 is 0 Å². The van der Waals surface area contributed by atoms with Gasteiger partial charge in [0.05, 0.1) is 0 Å². The molecule has 0 fully saturated rings. The summed E-state index contributed by atoms with van der Waals surface area (Å²) in [6, 6.07) is 11.6. The number of halogens is 1. The minimum atomic E-state index is -0.844. The molecule has 0 aliphatic carbocycles. The summed E-state index contributed by atoms with van der Waals surface area (Å²) < 4.78 is 6.16. The minimum absolute atomic E-state index is 0.167. The van der Waals surface area contributed by atoms with Crippen molar-refractivity contribution in [3.63, 3.8) is 0 Å². The lowest BCUT2D eigenvalue weighted by Crippen LogP contribution is -2.35. The zero-order chi connectivity index (χ0) is 15.2. The van der Waals surface area contributed by atoms with Gasteiger partial charge in [-0.15, -0.1) is 0 Å². The number of rotatable bonds is 4. The first kappa shape index (κ1) is 15.2. The normalized spacial score (nSPS) is 9.95. The fraction of sp³-hybridized carbons (Fsp3) is 0.0714. The predicted octanol–water partition coefficient (Wildman–Crippen LogP) is 1.72. The highest BCUT2D eigenvalue weighted by atomic mass is 127. The molecule has 1 aromatic carbocycles. The van der Waals surface area contributed by atoms with Crippen LogP contribution in [0.15, 0.2) is 48.7 Å². The largest absolute Gasteiger partial charge is 0.618 e. The average Bonchev–Trinajstić information content (AvgIpc) is 2.45. The third-order valence-electron chi connectivity index (χ3n) is 2.48. The summed E-state index contributed by atoms with van der Waals surface area (Å²) >= 11 is 2.12. The molecule has 0 radical (unpaired) electrons. The van der Waals surface area contributed by atoms with Crippen LogP contribution in [-0.4, -0.2) is 18.5 Å². The molecule has 108 valence electrons. The molecular formula is C14H11IN2O4. The molecule has 1 N–H and O–H groups in total. The van der Waals surface area contributed by atoms with E-state index in [0.29, 0.717) is 10.4 Å². The first-order chi connectivity index (χ1) is 10.1. The van der Waals surface area contributed by atoms with Crippen molar-refractivity contribution in [2.75, 3.05) is 11.9 Å². The van der Waals surface area contributed by atoms with Gasteiger partial charge in [-0.1, -0.05) is 6.07 Å². The van der Waals surface area contributed by atoms with Gasteiger partial charge in [-0.25, -0.2) is 4.79 Å². The Morgan fingerprint density at radius 3 is 2.76 bits per heavy atom. The maximum atomic E-state index is 11.7. The number of esters is 1. The Balaban J connectivity index is 1.90. The number of carbonyl (C=O) groups is 2. The fourth-order valence-corrected chi connectivity index (χ4v) is 2.10. The summed E-state index contributed by atoms with van der Waals surface area (Å²) in [4.78, 5) is 23.3. The third kappa shape index (κ3) is 4.42. The molecule has 0 saturated carbocycles. The molecule has 1 aromatic heterocycles. The van der Waals surface area contributed by atoms with Crippen LogP contribution in [0.2, 0.25) is 0 Å². The number of anilines is 1. The van der Waals surface area contributed by atoms with Crippen LogP contribution in [0, 0.1) is 8.78 Å². The molecule has 1 amide bonds. The van der Waals surface area contributed by atoms with Crippen molar-refractivity contribution in [2.45, 2.75) is 0 Å². The third-order valence-corrected chi connectivity index (χ3v) is 3.15. The van der Waals surface area contributed by atoms with Crippen molar-refractivity contribution in [2.24, 2.45) is 0 Å². The van der Waals surface area contributed by atoms with Crippen LogP contribution in [0.3, 0.4) is 0 Å². The zero-order valence-electron chi connectivity index (χ0n) is 10.8. The number of nitrogens with zero attached hydrogens (tertiary/aromatic N) is 1. The highest BCUT2D eigenvalue weighted by Gasteiger charge is 2.18. The van der Waals surface area contributed by atoms with Crippen molar-refractivity contribution < 1.29 is 19.1 Å². The van der Waals surface area contributed by atoms with E-state index in [1.165, 1.54) is 24.4 Å². The summed E-state index contributed by atoms with van der Waals surface area (Å²) in [6.45, 7) is -0.459. The van der Waals surface area contributed by atoms with Crippen molar-refractivity contribution in [3.8, 4) is 0 Å². The smallest absolute Gasteiger partial charge is 0.405 e. The molecule has 0 aliphatic heterocycles. The van der Waals surface area contributed by atoms with E-state index in [4.69, 9.17) is 4.74 Å². The molecule has 0 spiro atoms. The number of aromatic nitrogens is 1. The van der Waals surface area contributed by atoms with Gasteiger partial charge in [0.2, 0.25) is 0 Å². The number of carbonyl (C=O) groups excluding carboxylic acids is 2. The van der Waals surface area contributed by atoms with Crippen molar-refractivity contribution >= 4 is 40.2 Å². The first-order valence-corrected chi connectivity index (χ1v) is 7.05. The standard InChI is InChI=1S/C14H11IN2O4/c15-10-4-3-5-11(8-10)16-13(18)9-21-14(19)12-6-1-2-7-17(12)20/h1-8H,9H2,(H,16,18). The van der Waals surface area contributed by atoms with Gasteiger partial charge in [0.15, 0.2) is 12.8 Å². The predicted molar refractivity (Wildman–Crippen MR) is 83.5 cm³/mol. The van der Waals surface area contributed by atoms with Gasteiger partial charge < -0.3 is 15.3 Å². The summed E-state index contributed by atoms with van der Waals surface area (Å²) in [5, 5.41) is 13.9. The van der Waals surface area contributed by atoms with Gasteiger partial charge in [-0.3, -0.25) is 4.79 Å². The molecule has 21 heavy (non-hydrogen) atoms. The van der Waals surface area contributed by atoms with Crippen LogP contribution in [0.25, 0.3) is 0 Å². The van der Waals surface area contributed by atoms with Crippen LogP contribution in [-0.2, 0) is 9.53 Å². The number of nitrogens with one attached hydrogen (secondary N) is 1. The zero-order valence-corrected chi connectivity index (χ0v) is 12.9. The lowest BCUT2D eigenvalue weighted by Gasteiger charge is -2.07. The molecule has 0 unspecified atom stereocenters. The summed E-state index contributed by atoms with van der Waals surface area (Å²) in [5.41, 5.74) is 0.445. The SMILES string of the molecule is O=C(COC(=O)c1cccc[n+]1[O-])Nc1cccc(I)c1. The van der Waals surface area contributed by atoms with Gasteiger partial charge in [-0.2, -0.15) is 4.73 Å². The molecule has 0 aliphatic rings. The summed E-state index contributed by atoms with van der Waals surface area (Å²) in [5.74, 6) is -1.32. The van der Waals surface area contributed by atoms with E-state index in [2.05, 4.69) is 27.9 Å². The van der Waals surface area contributed by atoms with Gasteiger partial charge in [-0.05, 0) is 46.9 Å².